The smallest absolute Gasteiger partial charge is 0.0969 e. The van der Waals surface area contributed by atoms with Crippen LogP contribution in [0.1, 0.15) is 12.8 Å². The highest BCUT2D eigenvalue weighted by atomic mass is 16.5. The Hall–Kier alpha value is -0.0400. The van der Waals surface area contributed by atoms with Gasteiger partial charge in [0.15, 0.2) is 0 Å². The van der Waals surface area contributed by atoms with Gasteiger partial charge in [0, 0.05) is 7.11 Å². The van der Waals surface area contributed by atoms with Crippen molar-refractivity contribution in [3.05, 3.63) is 6.10 Å². The zero-order valence-corrected chi connectivity index (χ0v) is 3.32. The fourth-order valence-electron chi connectivity index (χ4n) is 0.255. The van der Waals surface area contributed by atoms with Crippen molar-refractivity contribution in [3.63, 3.8) is 0 Å². The minimum absolute atomic E-state index is 1.20. The quantitative estimate of drug-likeness (QED) is 0.447. The largest absolute Gasteiger partial charge is 0.375 e. The molecule has 1 saturated carbocycles. The molecule has 0 aromatic rings. The average Bonchev–Trinajstić information content (AvgIpc) is 2.12. The minimum atomic E-state index is 1.20. The maximum atomic E-state index is 4.78. The lowest BCUT2D eigenvalue weighted by Crippen LogP contribution is -1.69. The van der Waals surface area contributed by atoms with Crippen LogP contribution < -0.4 is 0 Å². The SMILES string of the molecule is CO[C]1CC1. The molecule has 0 amide bonds. The highest BCUT2D eigenvalue weighted by Gasteiger charge is 2.21. The van der Waals surface area contributed by atoms with E-state index in [2.05, 4.69) is 0 Å². The van der Waals surface area contributed by atoms with E-state index in [9.17, 15) is 0 Å². The summed E-state index contributed by atoms with van der Waals surface area (Å²) in [4.78, 5) is 0. The summed E-state index contributed by atoms with van der Waals surface area (Å²) >= 11 is 0. The van der Waals surface area contributed by atoms with Gasteiger partial charge in [-0.1, -0.05) is 0 Å². The fraction of sp³-hybridized carbons (Fsp3) is 0.750. The molecule has 1 aliphatic carbocycles. The normalized spacial score (nSPS) is 23.4. The minimum Gasteiger partial charge on any atom is -0.375 e. The molecule has 1 rings (SSSR count). The van der Waals surface area contributed by atoms with Crippen molar-refractivity contribution in [2.24, 2.45) is 0 Å². The Balaban J connectivity index is 2.00. The molecule has 0 aromatic heterocycles. The third-order valence-electron chi connectivity index (χ3n) is 0.743. The monoisotopic (exact) mass is 71.0 g/mol. The van der Waals surface area contributed by atoms with Crippen molar-refractivity contribution in [1.29, 1.82) is 0 Å². The van der Waals surface area contributed by atoms with Crippen LogP contribution in [0.2, 0.25) is 0 Å². The number of hydrogen-bond acceptors (Lipinski definition) is 1. The molecule has 29 valence electrons. The van der Waals surface area contributed by atoms with E-state index in [1.807, 2.05) is 0 Å². The van der Waals surface area contributed by atoms with Crippen LogP contribution >= 0.6 is 0 Å². The van der Waals surface area contributed by atoms with Gasteiger partial charge in [-0.25, -0.2) is 0 Å². The molecule has 1 nitrogen and oxygen atoms in total. The van der Waals surface area contributed by atoms with Crippen molar-refractivity contribution in [2.75, 3.05) is 7.11 Å². The van der Waals surface area contributed by atoms with E-state index in [1.165, 1.54) is 18.9 Å². The summed E-state index contributed by atoms with van der Waals surface area (Å²) in [6.45, 7) is 0. The Bertz CT molecular complexity index is 30.6. The standard InChI is InChI=1S/C4H7O/c1-5-4-2-3-4/h2-3H2,1H3. The number of hydrogen-bond donors (Lipinski definition) is 0. The second-order valence-electron chi connectivity index (χ2n) is 1.24. The molecule has 0 heterocycles. The Labute approximate surface area is 31.9 Å². The Morgan fingerprint density at radius 3 is 2.20 bits per heavy atom. The highest BCUT2D eigenvalue weighted by Crippen LogP contribution is 2.31. The lowest BCUT2D eigenvalue weighted by molar-refractivity contribution is 0.261. The molecule has 5 heavy (non-hydrogen) atoms. The molecule has 0 saturated heterocycles. The van der Waals surface area contributed by atoms with Gasteiger partial charge < -0.3 is 4.74 Å². The molecule has 1 aliphatic rings. The molecular weight excluding hydrogens is 64.0 g/mol. The van der Waals surface area contributed by atoms with Crippen LogP contribution in [0.4, 0.5) is 0 Å². The van der Waals surface area contributed by atoms with Crippen LogP contribution in [0.5, 0.6) is 0 Å². The first-order valence-electron chi connectivity index (χ1n) is 1.82. The Kier molecular flexibility index (Phi) is 0.618. The predicted octanol–water partition coefficient (Wildman–Crippen LogP) is 0.959. The lowest BCUT2D eigenvalue weighted by atomic mass is 10.9. The Morgan fingerprint density at radius 1 is 1.60 bits per heavy atom. The number of ether oxygens (including phenoxy) is 1. The van der Waals surface area contributed by atoms with Crippen molar-refractivity contribution < 1.29 is 4.74 Å². The van der Waals surface area contributed by atoms with Gasteiger partial charge in [-0.2, -0.15) is 0 Å². The summed E-state index contributed by atoms with van der Waals surface area (Å²) in [6, 6.07) is 0. The first kappa shape index (κ1) is 3.16. The van der Waals surface area contributed by atoms with Crippen LogP contribution in [0.15, 0.2) is 0 Å². The second kappa shape index (κ2) is 0.977. The Morgan fingerprint density at radius 2 is 2.20 bits per heavy atom. The molecule has 0 atom stereocenters. The van der Waals surface area contributed by atoms with E-state index in [0.717, 1.165) is 0 Å². The summed E-state index contributed by atoms with van der Waals surface area (Å²) in [5.74, 6) is 0. The molecule has 1 heteroatoms. The summed E-state index contributed by atoms with van der Waals surface area (Å²) in [5.41, 5.74) is 0. The molecule has 0 bridgehead atoms. The molecule has 1 fully saturated rings. The predicted molar refractivity (Wildman–Crippen MR) is 19.5 cm³/mol. The van der Waals surface area contributed by atoms with Crippen LogP contribution in [-0.2, 0) is 4.74 Å². The van der Waals surface area contributed by atoms with E-state index in [0.29, 0.717) is 0 Å². The van der Waals surface area contributed by atoms with E-state index in [-0.39, 0.29) is 0 Å². The van der Waals surface area contributed by atoms with Crippen molar-refractivity contribution >= 4 is 0 Å². The van der Waals surface area contributed by atoms with Gasteiger partial charge >= 0.3 is 0 Å². The summed E-state index contributed by atoms with van der Waals surface area (Å²) in [5, 5.41) is 0. The van der Waals surface area contributed by atoms with Crippen LogP contribution in [0, 0.1) is 6.10 Å². The second-order valence-corrected chi connectivity index (χ2v) is 1.24. The molecule has 0 N–H and O–H groups in total. The van der Waals surface area contributed by atoms with Gasteiger partial charge in [-0.3, -0.25) is 0 Å². The summed E-state index contributed by atoms with van der Waals surface area (Å²) in [6.07, 6.45) is 3.66. The molecule has 1 radical (unpaired) electrons. The average molecular weight is 71.1 g/mol. The van der Waals surface area contributed by atoms with Crippen molar-refractivity contribution in [2.45, 2.75) is 12.8 Å². The van der Waals surface area contributed by atoms with Gasteiger partial charge in [0.25, 0.3) is 0 Å². The maximum Gasteiger partial charge on any atom is 0.0969 e. The van der Waals surface area contributed by atoms with Crippen molar-refractivity contribution in [1.82, 2.24) is 0 Å². The topological polar surface area (TPSA) is 9.23 Å². The molecular formula is C4H7O. The first-order valence-corrected chi connectivity index (χ1v) is 1.82. The van der Waals surface area contributed by atoms with Crippen LogP contribution in [0.25, 0.3) is 0 Å². The van der Waals surface area contributed by atoms with E-state index in [1.54, 1.807) is 7.11 Å². The molecule has 0 spiro atoms. The van der Waals surface area contributed by atoms with Gasteiger partial charge in [0.1, 0.15) is 0 Å². The highest BCUT2D eigenvalue weighted by molar-refractivity contribution is 4.94. The van der Waals surface area contributed by atoms with E-state index < -0.39 is 0 Å². The third-order valence-corrected chi connectivity index (χ3v) is 0.743. The molecule has 0 aromatic carbocycles. The van der Waals surface area contributed by atoms with Gasteiger partial charge in [0.05, 0.1) is 6.10 Å². The lowest BCUT2D eigenvalue weighted by Gasteiger charge is -1.79. The molecule has 0 aliphatic heterocycles. The molecule has 0 unspecified atom stereocenters. The third kappa shape index (κ3) is 0.618. The van der Waals surface area contributed by atoms with Crippen LogP contribution in [0.3, 0.4) is 0 Å². The fourth-order valence-corrected chi connectivity index (χ4v) is 0.255. The van der Waals surface area contributed by atoms with Crippen molar-refractivity contribution in [3.8, 4) is 0 Å². The van der Waals surface area contributed by atoms with Crippen LogP contribution in [-0.4, -0.2) is 7.11 Å². The zero-order valence-electron chi connectivity index (χ0n) is 3.32. The maximum absolute atomic E-state index is 4.78. The first-order chi connectivity index (χ1) is 2.43. The van der Waals surface area contributed by atoms with Gasteiger partial charge in [-0.15, -0.1) is 0 Å². The van der Waals surface area contributed by atoms with Gasteiger partial charge in [0.2, 0.25) is 0 Å². The van der Waals surface area contributed by atoms with E-state index in [4.69, 9.17) is 4.74 Å². The van der Waals surface area contributed by atoms with E-state index >= 15 is 0 Å². The number of rotatable bonds is 1. The zero-order chi connectivity index (χ0) is 3.70. The van der Waals surface area contributed by atoms with Gasteiger partial charge in [-0.05, 0) is 12.8 Å². The number of methoxy groups -OCH3 is 1. The summed E-state index contributed by atoms with van der Waals surface area (Å²) < 4.78 is 4.78. The summed E-state index contributed by atoms with van der Waals surface area (Å²) in [7, 11) is 1.72.